The Kier molecular flexibility index (Phi) is 5.29. The predicted octanol–water partition coefficient (Wildman–Crippen LogP) is 3.63. The van der Waals surface area contributed by atoms with Gasteiger partial charge in [-0.15, -0.1) is 0 Å². The van der Waals surface area contributed by atoms with Crippen LogP contribution >= 0.6 is 31.9 Å². The number of aliphatic imine (C=N–C) groups is 2. The number of hydrogen-bond acceptors (Lipinski definition) is 8. The number of benzene rings is 4. The maximum absolute atomic E-state index is 14.5. The highest BCUT2D eigenvalue weighted by Crippen LogP contribution is 2.59. The fourth-order valence-electron chi connectivity index (χ4n) is 7.55. The average molecular weight is 738 g/mol. The van der Waals surface area contributed by atoms with Crippen LogP contribution < -0.4 is 10.1 Å². The van der Waals surface area contributed by atoms with E-state index in [2.05, 4.69) is 31.9 Å². The lowest BCUT2D eigenvalue weighted by atomic mass is 9.81. The SMILES string of the molecule is [O-][NH+]1C2=NC3(c4ccc(Br)cc4)N4Cn5c(nc6ccccc65)[NH+]([O-])C4=NC3(c3ccc(Br)cc3)N2Cn2c1nc1ccccc12. The zero-order valence-electron chi connectivity index (χ0n) is 23.8. The van der Waals surface area contributed by atoms with Crippen LogP contribution in [0.15, 0.2) is 116 Å². The van der Waals surface area contributed by atoms with Gasteiger partial charge in [-0.2, -0.15) is 20.0 Å². The van der Waals surface area contributed by atoms with Gasteiger partial charge in [0.1, 0.15) is 13.3 Å². The van der Waals surface area contributed by atoms with E-state index in [1.165, 1.54) is 0 Å². The summed E-state index contributed by atoms with van der Waals surface area (Å²) in [5, 5.41) is 28.4. The Labute approximate surface area is 277 Å². The molecule has 10 rings (SSSR count). The van der Waals surface area contributed by atoms with Crippen molar-refractivity contribution in [3.05, 3.63) is 128 Å². The molecule has 4 unspecified atom stereocenters. The highest BCUT2D eigenvalue weighted by molar-refractivity contribution is 9.10. The first-order valence-electron chi connectivity index (χ1n) is 14.7. The minimum atomic E-state index is -1.33. The molecular formula is C32H22Br2N10O2. The summed E-state index contributed by atoms with van der Waals surface area (Å²) in [5.41, 5.74) is 2.04. The molecule has 4 aliphatic heterocycles. The van der Waals surface area contributed by atoms with Gasteiger partial charge in [0.05, 0.1) is 22.1 Å². The quantitative estimate of drug-likeness (QED) is 0.262. The lowest BCUT2D eigenvalue weighted by Crippen LogP contribution is -3.09. The van der Waals surface area contributed by atoms with Gasteiger partial charge < -0.3 is 10.4 Å². The third-order valence-corrected chi connectivity index (χ3v) is 10.6. The number of fused-ring (bicyclic) bond motifs is 11. The number of hydroxylamine groups is 2. The summed E-state index contributed by atoms with van der Waals surface area (Å²) in [7, 11) is 0. The van der Waals surface area contributed by atoms with Gasteiger partial charge in [-0.1, -0.05) is 80.4 Å². The molecule has 6 aromatic rings. The number of nitrogens with zero attached hydrogens (tertiary/aromatic N) is 8. The first kappa shape index (κ1) is 26.7. The second-order valence-electron chi connectivity index (χ2n) is 11.7. The van der Waals surface area contributed by atoms with Crippen LogP contribution in [0.4, 0.5) is 11.9 Å². The number of halogens is 2. The number of guanidine groups is 2. The maximum Gasteiger partial charge on any atom is 0.317 e. The summed E-state index contributed by atoms with van der Waals surface area (Å²) in [4.78, 5) is 24.2. The lowest BCUT2D eigenvalue weighted by Gasteiger charge is -2.46. The molecule has 0 spiro atoms. The van der Waals surface area contributed by atoms with Crippen molar-refractivity contribution in [3.63, 3.8) is 0 Å². The van der Waals surface area contributed by atoms with Crippen LogP contribution in [-0.2, 0) is 24.7 Å². The Morgan fingerprint density at radius 2 is 0.957 bits per heavy atom. The number of quaternary nitrogens is 2. The van der Waals surface area contributed by atoms with E-state index in [1.807, 2.05) is 116 Å². The maximum atomic E-state index is 14.5. The van der Waals surface area contributed by atoms with Crippen molar-refractivity contribution in [3.8, 4) is 0 Å². The molecule has 4 aliphatic rings. The largest absolute Gasteiger partial charge is 0.619 e. The zero-order valence-corrected chi connectivity index (χ0v) is 27.0. The van der Waals surface area contributed by atoms with Crippen LogP contribution in [0, 0.1) is 10.4 Å². The first-order valence-corrected chi connectivity index (χ1v) is 16.3. The third-order valence-electron chi connectivity index (χ3n) is 9.49. The molecule has 14 heteroatoms. The van der Waals surface area contributed by atoms with Crippen molar-refractivity contribution in [1.82, 2.24) is 28.9 Å². The predicted molar refractivity (Wildman–Crippen MR) is 178 cm³/mol. The molecule has 226 valence electrons. The van der Waals surface area contributed by atoms with E-state index in [1.54, 1.807) is 0 Å². The number of para-hydroxylation sites is 4. The molecule has 0 amide bonds. The summed E-state index contributed by atoms with van der Waals surface area (Å²) in [5.74, 6) is 1.17. The van der Waals surface area contributed by atoms with Crippen molar-refractivity contribution in [2.45, 2.75) is 24.7 Å². The molecule has 2 aromatic heterocycles. The topological polar surface area (TPSA) is 122 Å². The molecule has 4 atom stereocenters. The molecule has 12 nitrogen and oxygen atoms in total. The van der Waals surface area contributed by atoms with E-state index < -0.39 is 11.3 Å². The van der Waals surface area contributed by atoms with E-state index >= 15 is 0 Å². The van der Waals surface area contributed by atoms with Gasteiger partial charge in [0.2, 0.25) is 11.3 Å². The van der Waals surface area contributed by atoms with E-state index in [4.69, 9.17) is 20.0 Å². The summed E-state index contributed by atoms with van der Waals surface area (Å²) in [6.45, 7) is 0.502. The summed E-state index contributed by atoms with van der Waals surface area (Å²) in [6, 6.07) is 31.2. The standard InChI is InChI=1S/C32H22Br2N10O2/c33-21-13-9-19(10-14-21)31-32(20-11-15-22(34)16-12-20,37-29-41(31)17-39-25-7-3-1-5-23(25)35-27(39)43(29)45)42-18-40-26-8-4-2-6-24(26)36-28(40)44(46)30(42)38-31/h1-16,43-44H,17-18H2. The highest BCUT2D eigenvalue weighted by Gasteiger charge is 2.75. The van der Waals surface area contributed by atoms with Crippen molar-refractivity contribution in [1.29, 1.82) is 0 Å². The van der Waals surface area contributed by atoms with Gasteiger partial charge in [-0.25, -0.2) is 10.1 Å². The number of rotatable bonds is 2. The molecule has 2 N–H and O–H groups in total. The van der Waals surface area contributed by atoms with Crippen molar-refractivity contribution < 1.29 is 10.1 Å². The van der Waals surface area contributed by atoms with Crippen molar-refractivity contribution in [2.24, 2.45) is 9.98 Å². The fraction of sp³-hybridized carbons (Fsp3) is 0.125. The third kappa shape index (κ3) is 3.15. The second-order valence-corrected chi connectivity index (χ2v) is 13.6. The average Bonchev–Trinajstić information content (AvgIpc) is 3.79. The Morgan fingerprint density at radius 1 is 0.565 bits per heavy atom. The van der Waals surface area contributed by atoms with E-state index in [0.717, 1.165) is 42.1 Å². The number of nitrogens with one attached hydrogen (secondary N) is 2. The van der Waals surface area contributed by atoms with Crippen LogP contribution in [0.5, 0.6) is 0 Å². The summed E-state index contributed by atoms with van der Waals surface area (Å²) in [6.07, 6.45) is 0. The molecule has 0 aliphatic carbocycles. The summed E-state index contributed by atoms with van der Waals surface area (Å²) >= 11 is 7.19. The van der Waals surface area contributed by atoms with E-state index in [9.17, 15) is 10.4 Å². The Bertz CT molecular complexity index is 2150. The minimum absolute atomic E-state index is 0.251. The molecule has 46 heavy (non-hydrogen) atoms. The molecule has 0 bridgehead atoms. The van der Waals surface area contributed by atoms with Gasteiger partial charge in [-0.05, 0) is 48.5 Å². The van der Waals surface area contributed by atoms with Crippen molar-refractivity contribution in [2.75, 3.05) is 0 Å². The molecule has 4 aromatic carbocycles. The van der Waals surface area contributed by atoms with Crippen LogP contribution in [0.2, 0.25) is 0 Å². The van der Waals surface area contributed by atoms with Gasteiger partial charge >= 0.3 is 23.8 Å². The van der Waals surface area contributed by atoms with Crippen LogP contribution in [0.3, 0.4) is 0 Å². The van der Waals surface area contributed by atoms with Gasteiger partial charge in [0.15, 0.2) is 0 Å². The Hall–Kier alpha value is -4.44. The van der Waals surface area contributed by atoms with Crippen LogP contribution in [0.25, 0.3) is 22.1 Å². The molecule has 0 saturated carbocycles. The van der Waals surface area contributed by atoms with E-state index in [-0.39, 0.29) is 35.4 Å². The normalized spacial score (nSPS) is 26.0. The van der Waals surface area contributed by atoms with Crippen LogP contribution in [0.1, 0.15) is 11.1 Å². The molecule has 0 saturated heterocycles. The number of aromatic nitrogens is 4. The smallest absolute Gasteiger partial charge is 0.317 e. The van der Waals surface area contributed by atoms with Crippen molar-refractivity contribution >= 4 is 77.7 Å². The monoisotopic (exact) mass is 736 g/mol. The fourth-order valence-corrected chi connectivity index (χ4v) is 8.08. The summed E-state index contributed by atoms with van der Waals surface area (Å²) < 4.78 is 5.63. The van der Waals surface area contributed by atoms with E-state index in [0.29, 0.717) is 11.9 Å². The molecule has 0 fully saturated rings. The molecule has 6 heterocycles. The molecular weight excluding hydrogens is 716 g/mol. The van der Waals surface area contributed by atoms with Gasteiger partial charge in [0, 0.05) is 20.1 Å². The second kappa shape index (κ2) is 9.09. The highest BCUT2D eigenvalue weighted by atomic mass is 79.9. The number of hydrogen-bond donors (Lipinski definition) is 2. The Morgan fingerprint density at radius 3 is 1.37 bits per heavy atom. The first-order chi connectivity index (χ1) is 22.4. The van der Waals surface area contributed by atoms with Crippen LogP contribution in [-0.4, -0.2) is 40.8 Å². The minimum Gasteiger partial charge on any atom is -0.619 e. The lowest BCUT2D eigenvalue weighted by molar-refractivity contribution is -0.690. The Balaban J connectivity index is 1.30. The number of imidazole rings is 2. The van der Waals surface area contributed by atoms with Gasteiger partial charge in [0.25, 0.3) is 0 Å². The van der Waals surface area contributed by atoms with Gasteiger partial charge in [-0.3, -0.25) is 18.9 Å². The molecule has 0 radical (unpaired) electrons. The zero-order chi connectivity index (χ0) is 30.9.